The maximum absolute atomic E-state index is 11.5. The van der Waals surface area contributed by atoms with Gasteiger partial charge in [0.25, 0.3) is 0 Å². The van der Waals surface area contributed by atoms with E-state index in [1.165, 1.54) is 6.08 Å². The molecule has 0 amide bonds. The third-order valence-corrected chi connectivity index (χ3v) is 2.01. The SMILES string of the molecule is F/C=C\CNCOC1=CC=CCC1=S. The quantitative estimate of drug-likeness (QED) is 0.430. The first kappa shape index (κ1) is 11.1. The van der Waals surface area contributed by atoms with Crippen molar-refractivity contribution in [2.75, 3.05) is 13.3 Å². The van der Waals surface area contributed by atoms with E-state index in [2.05, 4.69) is 5.32 Å². The van der Waals surface area contributed by atoms with E-state index < -0.39 is 0 Å². The van der Waals surface area contributed by atoms with Crippen molar-refractivity contribution in [2.45, 2.75) is 6.42 Å². The van der Waals surface area contributed by atoms with Crippen LogP contribution < -0.4 is 5.32 Å². The lowest BCUT2D eigenvalue weighted by molar-refractivity contribution is 0.209. The molecule has 14 heavy (non-hydrogen) atoms. The summed E-state index contributed by atoms with van der Waals surface area (Å²) in [6.45, 7) is 0.788. The molecule has 0 aromatic heterocycles. The lowest BCUT2D eigenvalue weighted by atomic mass is 10.2. The van der Waals surface area contributed by atoms with Crippen LogP contribution in [0.1, 0.15) is 6.42 Å². The van der Waals surface area contributed by atoms with Crippen LogP contribution in [-0.4, -0.2) is 18.1 Å². The fraction of sp³-hybridized carbons (Fsp3) is 0.300. The van der Waals surface area contributed by atoms with Crippen molar-refractivity contribution in [1.29, 1.82) is 0 Å². The highest BCUT2D eigenvalue weighted by Crippen LogP contribution is 2.10. The van der Waals surface area contributed by atoms with Gasteiger partial charge in [-0.2, -0.15) is 0 Å². The number of thiocarbonyl (C=S) groups is 1. The maximum atomic E-state index is 11.5. The van der Waals surface area contributed by atoms with Crippen molar-refractivity contribution in [3.8, 4) is 0 Å². The Labute approximate surface area is 88.1 Å². The molecule has 0 heterocycles. The molecule has 0 saturated heterocycles. The Hall–Kier alpha value is -1.00. The van der Waals surface area contributed by atoms with Gasteiger partial charge in [-0.3, -0.25) is 5.32 Å². The fourth-order valence-corrected chi connectivity index (χ4v) is 1.19. The van der Waals surface area contributed by atoms with E-state index in [9.17, 15) is 4.39 Å². The Balaban J connectivity index is 2.20. The number of nitrogens with one attached hydrogen (secondary N) is 1. The molecule has 0 aromatic rings. The molecular formula is C10H12FNOS. The van der Waals surface area contributed by atoms with Gasteiger partial charge in [-0.05, 0) is 12.2 Å². The van der Waals surface area contributed by atoms with Gasteiger partial charge in [-0.15, -0.1) is 0 Å². The fourth-order valence-electron chi connectivity index (χ4n) is 0.968. The number of rotatable bonds is 5. The summed E-state index contributed by atoms with van der Waals surface area (Å²) in [6, 6.07) is 0. The highest BCUT2D eigenvalue weighted by atomic mass is 32.1. The zero-order valence-electron chi connectivity index (χ0n) is 7.70. The van der Waals surface area contributed by atoms with Crippen molar-refractivity contribution in [3.63, 3.8) is 0 Å². The van der Waals surface area contributed by atoms with E-state index in [0.717, 1.165) is 17.0 Å². The van der Waals surface area contributed by atoms with Crippen LogP contribution in [0, 0.1) is 0 Å². The number of ether oxygens (including phenoxy) is 1. The molecule has 0 spiro atoms. The monoisotopic (exact) mass is 213 g/mol. The molecule has 0 unspecified atom stereocenters. The summed E-state index contributed by atoms with van der Waals surface area (Å²) in [5, 5.41) is 2.88. The Bertz CT molecular complexity index is 284. The summed E-state index contributed by atoms with van der Waals surface area (Å²) >= 11 is 5.08. The molecule has 0 aliphatic heterocycles. The molecule has 0 saturated carbocycles. The van der Waals surface area contributed by atoms with Crippen LogP contribution in [0.5, 0.6) is 0 Å². The molecule has 0 aromatic carbocycles. The van der Waals surface area contributed by atoms with Gasteiger partial charge in [0.05, 0.1) is 11.2 Å². The van der Waals surface area contributed by atoms with Crippen LogP contribution in [0.4, 0.5) is 4.39 Å². The number of halogens is 1. The summed E-state index contributed by atoms with van der Waals surface area (Å²) in [4.78, 5) is 0.801. The van der Waals surface area contributed by atoms with Crippen LogP contribution in [-0.2, 0) is 4.74 Å². The lowest BCUT2D eigenvalue weighted by Gasteiger charge is -2.12. The standard InChI is InChI=1S/C10H12FNOS/c11-6-3-7-12-8-13-9-4-1-2-5-10(9)14/h1-4,6,12H,5,7-8H2/b6-3-. The Morgan fingerprint density at radius 1 is 1.64 bits per heavy atom. The van der Waals surface area contributed by atoms with Crippen molar-refractivity contribution in [2.24, 2.45) is 0 Å². The van der Waals surface area contributed by atoms with Gasteiger partial charge in [0.1, 0.15) is 12.5 Å². The van der Waals surface area contributed by atoms with Gasteiger partial charge in [0.2, 0.25) is 0 Å². The van der Waals surface area contributed by atoms with Gasteiger partial charge in [-0.1, -0.05) is 24.4 Å². The van der Waals surface area contributed by atoms with Crippen molar-refractivity contribution >= 4 is 17.1 Å². The van der Waals surface area contributed by atoms with Crippen molar-refractivity contribution in [3.05, 3.63) is 36.4 Å². The summed E-state index contributed by atoms with van der Waals surface area (Å²) in [7, 11) is 0. The minimum absolute atomic E-state index is 0.337. The smallest absolute Gasteiger partial charge is 0.139 e. The average Bonchev–Trinajstić information content (AvgIpc) is 2.20. The van der Waals surface area contributed by atoms with Gasteiger partial charge < -0.3 is 4.74 Å². The van der Waals surface area contributed by atoms with Crippen LogP contribution in [0.25, 0.3) is 0 Å². The topological polar surface area (TPSA) is 21.3 Å². The van der Waals surface area contributed by atoms with E-state index in [1.54, 1.807) is 0 Å². The molecule has 0 bridgehead atoms. The molecule has 2 nitrogen and oxygen atoms in total. The van der Waals surface area contributed by atoms with Crippen molar-refractivity contribution in [1.82, 2.24) is 5.32 Å². The highest BCUT2D eigenvalue weighted by molar-refractivity contribution is 7.80. The first-order chi connectivity index (χ1) is 6.84. The maximum Gasteiger partial charge on any atom is 0.139 e. The first-order valence-corrected chi connectivity index (χ1v) is 4.74. The number of hydrogen-bond donors (Lipinski definition) is 1. The first-order valence-electron chi connectivity index (χ1n) is 4.33. The molecule has 0 atom stereocenters. The third-order valence-electron chi connectivity index (χ3n) is 1.64. The molecule has 4 heteroatoms. The predicted molar refractivity (Wildman–Crippen MR) is 58.6 cm³/mol. The summed E-state index contributed by atoms with van der Waals surface area (Å²) in [5.41, 5.74) is 0. The molecule has 1 aliphatic rings. The van der Waals surface area contributed by atoms with Crippen LogP contribution in [0.15, 0.2) is 36.4 Å². The van der Waals surface area contributed by atoms with Gasteiger partial charge in [0.15, 0.2) is 0 Å². The van der Waals surface area contributed by atoms with Gasteiger partial charge >= 0.3 is 0 Å². The van der Waals surface area contributed by atoms with Crippen LogP contribution in [0.2, 0.25) is 0 Å². The Kier molecular flexibility index (Phi) is 5.11. The lowest BCUT2D eigenvalue weighted by Crippen LogP contribution is -2.19. The molecule has 0 fully saturated rings. The largest absolute Gasteiger partial charge is 0.477 e. The van der Waals surface area contributed by atoms with Gasteiger partial charge in [-0.25, -0.2) is 4.39 Å². The van der Waals surface area contributed by atoms with Crippen LogP contribution in [0.3, 0.4) is 0 Å². The minimum Gasteiger partial charge on any atom is -0.477 e. The summed E-state index contributed by atoms with van der Waals surface area (Å²) in [6.07, 6.45) is 8.35. The second-order valence-electron chi connectivity index (χ2n) is 2.69. The number of hydrogen-bond acceptors (Lipinski definition) is 3. The second kappa shape index (κ2) is 6.45. The molecule has 0 radical (unpaired) electrons. The minimum atomic E-state index is 0.337. The zero-order chi connectivity index (χ0) is 10.2. The van der Waals surface area contributed by atoms with E-state index in [-0.39, 0.29) is 0 Å². The Morgan fingerprint density at radius 2 is 2.50 bits per heavy atom. The summed E-state index contributed by atoms with van der Waals surface area (Å²) in [5.74, 6) is 0.722. The third kappa shape index (κ3) is 3.81. The predicted octanol–water partition coefficient (Wildman–Crippen LogP) is 2.25. The van der Waals surface area contributed by atoms with Crippen molar-refractivity contribution < 1.29 is 9.13 Å². The Morgan fingerprint density at radius 3 is 3.21 bits per heavy atom. The van der Waals surface area contributed by atoms with Gasteiger partial charge in [0, 0.05) is 13.0 Å². The normalized spacial score (nSPS) is 16.1. The van der Waals surface area contributed by atoms with Crippen LogP contribution >= 0.6 is 12.2 Å². The molecular weight excluding hydrogens is 201 g/mol. The van der Waals surface area contributed by atoms with E-state index in [4.69, 9.17) is 17.0 Å². The summed E-state index contributed by atoms with van der Waals surface area (Å²) < 4.78 is 16.9. The number of allylic oxidation sites excluding steroid dienone is 4. The van der Waals surface area contributed by atoms with E-state index in [1.807, 2.05) is 18.2 Å². The average molecular weight is 213 g/mol. The second-order valence-corrected chi connectivity index (χ2v) is 3.18. The van der Waals surface area contributed by atoms with E-state index >= 15 is 0 Å². The zero-order valence-corrected chi connectivity index (χ0v) is 8.52. The highest BCUT2D eigenvalue weighted by Gasteiger charge is 2.06. The molecule has 1 rings (SSSR count). The molecule has 76 valence electrons. The molecule has 1 aliphatic carbocycles. The van der Waals surface area contributed by atoms with E-state index in [0.29, 0.717) is 19.6 Å². The molecule has 1 N–H and O–H groups in total.